The van der Waals surface area contributed by atoms with Gasteiger partial charge in [-0.25, -0.2) is 0 Å². The van der Waals surface area contributed by atoms with Crippen LogP contribution in [0.3, 0.4) is 0 Å². The fourth-order valence-electron chi connectivity index (χ4n) is 2.82. The number of hydrogen-bond acceptors (Lipinski definition) is 7. The zero-order valence-corrected chi connectivity index (χ0v) is 17.7. The highest BCUT2D eigenvalue weighted by molar-refractivity contribution is 7.98. The lowest BCUT2D eigenvalue weighted by atomic mass is 10.1. The van der Waals surface area contributed by atoms with Gasteiger partial charge in [-0.05, 0) is 76.2 Å². The monoisotopic (exact) mass is 466 g/mol. The quantitative estimate of drug-likeness (QED) is 0.407. The molecule has 2 aromatic carbocycles. The molecular formula is C18H14ClF3N8S. The number of halogens is 4. The topological polar surface area (TPSA) is 87.2 Å². The van der Waals surface area contributed by atoms with Gasteiger partial charge in [0.1, 0.15) is 0 Å². The fourth-order valence-corrected chi connectivity index (χ4v) is 3.79. The molecule has 0 saturated heterocycles. The Hall–Kier alpha value is -2.99. The van der Waals surface area contributed by atoms with Crippen molar-refractivity contribution in [1.29, 1.82) is 0 Å². The highest BCUT2D eigenvalue weighted by atomic mass is 35.5. The number of alkyl halides is 3. The summed E-state index contributed by atoms with van der Waals surface area (Å²) in [5, 5.41) is 23.3. The minimum Gasteiger partial charge on any atom is -0.196 e. The van der Waals surface area contributed by atoms with Crippen molar-refractivity contribution < 1.29 is 13.2 Å². The van der Waals surface area contributed by atoms with E-state index in [2.05, 4.69) is 31.1 Å². The van der Waals surface area contributed by atoms with Gasteiger partial charge in [0, 0.05) is 5.02 Å². The van der Waals surface area contributed by atoms with E-state index in [9.17, 15) is 13.2 Å². The minimum atomic E-state index is -4.62. The van der Waals surface area contributed by atoms with Crippen LogP contribution < -0.4 is 0 Å². The fraction of sp³-hybridized carbons (Fsp3) is 0.222. The maximum Gasteiger partial charge on any atom is 0.418 e. The smallest absolute Gasteiger partial charge is 0.196 e. The second kappa shape index (κ2) is 8.27. The maximum absolute atomic E-state index is 13.5. The standard InChI is InChI=1S/C18H14ClF3N8S/c1-10-3-5-13(7-11(10)2)29-17(24-26-27-29)31-9-16-23-25-28-30(16)15-6-4-12(19)8-14(15)18(20,21)22/h3-8H,9H2,1-2H3. The van der Waals surface area contributed by atoms with Crippen molar-refractivity contribution in [3.8, 4) is 11.4 Å². The molecule has 0 amide bonds. The molecule has 160 valence electrons. The SMILES string of the molecule is Cc1ccc(-n2nnnc2SCc2nnnn2-c2ccc(Cl)cc2C(F)(F)F)cc1C. The summed E-state index contributed by atoms with van der Waals surface area (Å²) in [6.07, 6.45) is -4.62. The number of nitrogens with zero attached hydrogens (tertiary/aromatic N) is 8. The lowest BCUT2D eigenvalue weighted by molar-refractivity contribution is -0.137. The third-order valence-corrected chi connectivity index (χ3v) is 5.68. The van der Waals surface area contributed by atoms with Crippen molar-refractivity contribution in [2.75, 3.05) is 0 Å². The molecule has 4 rings (SSSR count). The molecule has 0 unspecified atom stereocenters. The molecule has 0 saturated carbocycles. The van der Waals surface area contributed by atoms with E-state index in [1.807, 2.05) is 32.0 Å². The van der Waals surface area contributed by atoms with Gasteiger partial charge in [-0.1, -0.05) is 29.4 Å². The summed E-state index contributed by atoms with van der Waals surface area (Å²) in [5.74, 6) is 0.338. The van der Waals surface area contributed by atoms with Crippen LogP contribution in [0, 0.1) is 13.8 Å². The van der Waals surface area contributed by atoms with Gasteiger partial charge < -0.3 is 0 Å². The minimum absolute atomic E-state index is 0.0346. The van der Waals surface area contributed by atoms with Crippen LogP contribution in [0.2, 0.25) is 5.02 Å². The molecule has 0 fully saturated rings. The Labute approximate surface area is 183 Å². The average molecular weight is 467 g/mol. The van der Waals surface area contributed by atoms with E-state index in [0.29, 0.717) is 5.16 Å². The van der Waals surface area contributed by atoms with E-state index in [1.54, 1.807) is 4.68 Å². The molecular weight excluding hydrogens is 453 g/mol. The molecule has 0 aliphatic carbocycles. The van der Waals surface area contributed by atoms with Crippen molar-refractivity contribution >= 4 is 23.4 Å². The number of thioether (sulfide) groups is 1. The molecule has 13 heteroatoms. The second-order valence-electron chi connectivity index (χ2n) is 6.60. The molecule has 31 heavy (non-hydrogen) atoms. The summed E-state index contributed by atoms with van der Waals surface area (Å²) in [4.78, 5) is 0. The van der Waals surface area contributed by atoms with Gasteiger partial charge >= 0.3 is 6.18 Å². The van der Waals surface area contributed by atoms with Gasteiger partial charge in [0.05, 0.1) is 22.7 Å². The highest BCUT2D eigenvalue weighted by Gasteiger charge is 2.35. The first kappa shape index (κ1) is 21.2. The third-order valence-electron chi connectivity index (χ3n) is 4.53. The number of aromatic nitrogens is 8. The van der Waals surface area contributed by atoms with Gasteiger partial charge in [0.2, 0.25) is 5.16 Å². The van der Waals surface area contributed by atoms with Crippen molar-refractivity contribution in [2.45, 2.75) is 30.9 Å². The summed E-state index contributed by atoms with van der Waals surface area (Å²) in [6.45, 7) is 3.98. The molecule has 0 N–H and O–H groups in total. The summed E-state index contributed by atoms with van der Waals surface area (Å²) in [7, 11) is 0. The Morgan fingerprint density at radius 3 is 2.42 bits per heavy atom. The Morgan fingerprint density at radius 1 is 0.935 bits per heavy atom. The summed E-state index contributed by atoms with van der Waals surface area (Å²) >= 11 is 6.96. The van der Waals surface area contributed by atoms with Gasteiger partial charge in [-0.3, -0.25) is 0 Å². The number of tetrazole rings is 2. The zero-order valence-electron chi connectivity index (χ0n) is 16.2. The van der Waals surface area contributed by atoms with E-state index in [1.165, 1.54) is 23.9 Å². The first-order chi connectivity index (χ1) is 14.7. The van der Waals surface area contributed by atoms with E-state index < -0.39 is 11.7 Å². The Morgan fingerprint density at radius 2 is 1.68 bits per heavy atom. The molecule has 2 aromatic heterocycles. The molecule has 0 spiro atoms. The molecule has 0 bridgehead atoms. The molecule has 8 nitrogen and oxygen atoms in total. The van der Waals surface area contributed by atoms with Crippen LogP contribution in [0.1, 0.15) is 22.5 Å². The molecule has 0 aliphatic heterocycles. The van der Waals surface area contributed by atoms with Crippen LogP contribution >= 0.6 is 23.4 Å². The molecule has 0 atom stereocenters. The largest absolute Gasteiger partial charge is 0.418 e. The van der Waals surface area contributed by atoms with E-state index in [4.69, 9.17) is 11.6 Å². The van der Waals surface area contributed by atoms with E-state index >= 15 is 0 Å². The van der Waals surface area contributed by atoms with Crippen LogP contribution in [-0.4, -0.2) is 40.4 Å². The molecule has 0 aliphatic rings. The van der Waals surface area contributed by atoms with Gasteiger partial charge in [0.25, 0.3) is 0 Å². The molecule has 4 aromatic rings. The Balaban J connectivity index is 1.62. The van der Waals surface area contributed by atoms with Crippen LogP contribution in [0.25, 0.3) is 11.4 Å². The van der Waals surface area contributed by atoms with Crippen molar-refractivity contribution in [3.05, 3.63) is 63.9 Å². The maximum atomic E-state index is 13.5. The Bertz CT molecular complexity index is 1240. The highest BCUT2D eigenvalue weighted by Crippen LogP contribution is 2.36. The van der Waals surface area contributed by atoms with Crippen molar-refractivity contribution in [3.63, 3.8) is 0 Å². The van der Waals surface area contributed by atoms with Crippen LogP contribution in [0.5, 0.6) is 0 Å². The summed E-state index contributed by atoms with van der Waals surface area (Å²) in [6, 6.07) is 9.22. The first-order valence-corrected chi connectivity index (χ1v) is 10.2. The van der Waals surface area contributed by atoms with Gasteiger partial charge in [0.15, 0.2) is 5.82 Å². The molecule has 0 radical (unpaired) electrons. The molecule has 2 heterocycles. The van der Waals surface area contributed by atoms with E-state index in [0.717, 1.165) is 27.6 Å². The summed E-state index contributed by atoms with van der Waals surface area (Å²) in [5.41, 5.74) is 1.83. The van der Waals surface area contributed by atoms with Crippen molar-refractivity contribution in [2.24, 2.45) is 0 Å². The summed E-state index contributed by atoms with van der Waals surface area (Å²) < 4.78 is 43.0. The number of aryl methyl sites for hydroxylation is 2. The van der Waals surface area contributed by atoms with Gasteiger partial charge in [-0.2, -0.15) is 22.5 Å². The average Bonchev–Trinajstić information content (AvgIpc) is 3.37. The normalized spacial score (nSPS) is 11.8. The second-order valence-corrected chi connectivity index (χ2v) is 7.98. The lowest BCUT2D eigenvalue weighted by Gasteiger charge is -2.13. The number of rotatable bonds is 5. The third kappa shape index (κ3) is 4.39. The number of benzene rings is 2. The number of hydrogen-bond donors (Lipinski definition) is 0. The Kier molecular flexibility index (Phi) is 5.67. The van der Waals surface area contributed by atoms with Crippen molar-refractivity contribution in [1.82, 2.24) is 40.4 Å². The van der Waals surface area contributed by atoms with Crippen LogP contribution in [-0.2, 0) is 11.9 Å². The van der Waals surface area contributed by atoms with Crippen LogP contribution in [0.4, 0.5) is 13.2 Å². The van der Waals surface area contributed by atoms with Gasteiger partial charge in [-0.15, -0.1) is 10.2 Å². The predicted octanol–water partition coefficient (Wildman–Crippen LogP) is 4.22. The van der Waals surface area contributed by atoms with E-state index in [-0.39, 0.29) is 22.3 Å². The lowest BCUT2D eigenvalue weighted by Crippen LogP contribution is -2.13. The first-order valence-electron chi connectivity index (χ1n) is 8.87. The van der Waals surface area contributed by atoms with Crippen LogP contribution in [0.15, 0.2) is 41.6 Å². The zero-order chi connectivity index (χ0) is 22.2. The predicted molar refractivity (Wildman–Crippen MR) is 107 cm³/mol.